The fourth-order valence-corrected chi connectivity index (χ4v) is 4.05. The maximum Gasteiger partial charge on any atom is 0.276 e. The fraction of sp³-hybridized carbons (Fsp3) is 0.550. The van der Waals surface area contributed by atoms with Gasteiger partial charge in [0.1, 0.15) is 0 Å². The topological polar surface area (TPSA) is 93.0 Å². The molecule has 0 aromatic carbocycles. The molecule has 2 amide bonds. The van der Waals surface area contributed by atoms with Crippen LogP contribution in [-0.4, -0.2) is 49.3 Å². The van der Waals surface area contributed by atoms with Crippen LogP contribution in [0.2, 0.25) is 0 Å². The average Bonchev–Trinajstić information content (AvgIpc) is 3.38. The zero-order valence-electron chi connectivity index (χ0n) is 16.0. The van der Waals surface area contributed by atoms with E-state index in [0.717, 1.165) is 25.0 Å². The summed E-state index contributed by atoms with van der Waals surface area (Å²) in [5.74, 6) is -0.132. The van der Waals surface area contributed by atoms with E-state index in [2.05, 4.69) is 20.6 Å². The molecule has 2 fully saturated rings. The lowest BCUT2D eigenvalue weighted by molar-refractivity contribution is -0.119. The van der Waals surface area contributed by atoms with Crippen LogP contribution in [-0.2, 0) is 11.3 Å². The summed E-state index contributed by atoms with van der Waals surface area (Å²) < 4.78 is 1.85. The summed E-state index contributed by atoms with van der Waals surface area (Å²) in [4.78, 5) is 30.8. The van der Waals surface area contributed by atoms with Crippen molar-refractivity contribution < 1.29 is 9.59 Å². The van der Waals surface area contributed by atoms with Crippen LogP contribution in [0.3, 0.4) is 0 Å². The van der Waals surface area contributed by atoms with E-state index in [-0.39, 0.29) is 17.9 Å². The van der Waals surface area contributed by atoms with Gasteiger partial charge < -0.3 is 10.2 Å². The van der Waals surface area contributed by atoms with Gasteiger partial charge in [0.25, 0.3) is 5.91 Å². The molecule has 2 aromatic rings. The first-order valence-corrected chi connectivity index (χ1v) is 10.1. The van der Waals surface area contributed by atoms with Gasteiger partial charge in [-0.3, -0.25) is 14.6 Å². The van der Waals surface area contributed by atoms with Gasteiger partial charge in [-0.1, -0.05) is 30.5 Å². The number of hydrogen-bond donors (Lipinski definition) is 1. The molecule has 1 N–H and O–H groups in total. The number of aromatic nitrogens is 4. The lowest BCUT2D eigenvalue weighted by Gasteiger charge is -2.24. The molecule has 3 heterocycles. The smallest absolute Gasteiger partial charge is 0.276 e. The van der Waals surface area contributed by atoms with E-state index in [0.29, 0.717) is 31.2 Å². The third-order valence-electron chi connectivity index (χ3n) is 5.57. The van der Waals surface area contributed by atoms with Crippen LogP contribution < -0.4 is 5.32 Å². The van der Waals surface area contributed by atoms with Crippen molar-refractivity contribution in [3.8, 4) is 0 Å². The molecule has 1 atom stereocenters. The molecule has 0 spiro atoms. The fourth-order valence-electron chi connectivity index (χ4n) is 4.05. The van der Waals surface area contributed by atoms with Gasteiger partial charge in [0.05, 0.1) is 24.5 Å². The molecule has 0 radical (unpaired) electrons. The Morgan fingerprint density at radius 3 is 2.79 bits per heavy atom. The Kier molecular flexibility index (Phi) is 5.64. The molecule has 28 heavy (non-hydrogen) atoms. The largest absolute Gasteiger partial charge is 0.352 e. The molecule has 148 valence electrons. The van der Waals surface area contributed by atoms with Gasteiger partial charge in [0.15, 0.2) is 5.69 Å². The summed E-state index contributed by atoms with van der Waals surface area (Å²) in [6, 6.07) is 5.95. The minimum absolute atomic E-state index is 0.0337. The van der Waals surface area contributed by atoms with Crippen LogP contribution in [0.15, 0.2) is 30.6 Å². The Labute approximate surface area is 164 Å². The predicted octanol–water partition coefficient (Wildman–Crippen LogP) is 2.10. The van der Waals surface area contributed by atoms with Crippen molar-refractivity contribution in [1.82, 2.24) is 30.2 Å². The molecule has 1 saturated heterocycles. The standard InChI is InChI=1S/C20H26N6O2/c27-19-10-9-16(22-19)13-25(12-15-6-4-5-11-21-15)20(28)18-14-26(24-23-18)17-7-2-1-3-8-17/h4-6,11,14,16-17H,1-3,7-10,12-13H2,(H,22,27)/t16-/m0/s1. The molecule has 1 aliphatic carbocycles. The summed E-state index contributed by atoms with van der Waals surface area (Å²) >= 11 is 0. The van der Waals surface area contributed by atoms with Crippen LogP contribution in [0.1, 0.15) is 67.2 Å². The normalized spacial score (nSPS) is 20.1. The van der Waals surface area contributed by atoms with Crippen molar-refractivity contribution >= 4 is 11.8 Å². The number of rotatable bonds is 6. The first-order valence-electron chi connectivity index (χ1n) is 10.1. The zero-order valence-corrected chi connectivity index (χ0v) is 16.0. The van der Waals surface area contributed by atoms with E-state index in [1.165, 1.54) is 19.3 Å². The summed E-state index contributed by atoms with van der Waals surface area (Å²) in [5.41, 5.74) is 1.16. The van der Waals surface area contributed by atoms with E-state index < -0.39 is 0 Å². The number of nitrogens with zero attached hydrogens (tertiary/aromatic N) is 5. The summed E-state index contributed by atoms with van der Waals surface area (Å²) in [6.07, 6.45) is 10.6. The Morgan fingerprint density at radius 1 is 1.21 bits per heavy atom. The lowest BCUT2D eigenvalue weighted by atomic mass is 9.96. The molecule has 1 saturated carbocycles. The second-order valence-electron chi connectivity index (χ2n) is 7.69. The van der Waals surface area contributed by atoms with E-state index in [9.17, 15) is 9.59 Å². The number of amides is 2. The van der Waals surface area contributed by atoms with E-state index in [1.807, 2.05) is 22.9 Å². The molecular formula is C20H26N6O2. The molecule has 0 unspecified atom stereocenters. The number of hydrogen-bond acceptors (Lipinski definition) is 5. The summed E-state index contributed by atoms with van der Waals surface area (Å²) in [6.45, 7) is 0.819. The molecular weight excluding hydrogens is 356 g/mol. The van der Waals surface area contributed by atoms with E-state index in [4.69, 9.17) is 0 Å². The molecule has 8 heteroatoms. The molecule has 2 aliphatic rings. The van der Waals surface area contributed by atoms with Crippen molar-refractivity contribution in [1.29, 1.82) is 0 Å². The van der Waals surface area contributed by atoms with Crippen molar-refractivity contribution in [3.05, 3.63) is 42.0 Å². The van der Waals surface area contributed by atoms with Crippen LogP contribution in [0.4, 0.5) is 0 Å². The lowest BCUT2D eigenvalue weighted by Crippen LogP contribution is -2.41. The highest BCUT2D eigenvalue weighted by molar-refractivity contribution is 5.92. The number of pyridine rings is 1. The summed E-state index contributed by atoms with van der Waals surface area (Å²) in [7, 11) is 0. The highest BCUT2D eigenvalue weighted by atomic mass is 16.2. The maximum absolute atomic E-state index is 13.2. The van der Waals surface area contributed by atoms with Gasteiger partial charge in [-0.15, -0.1) is 5.10 Å². The minimum atomic E-state index is -0.172. The molecule has 0 bridgehead atoms. The third kappa shape index (κ3) is 4.37. The van der Waals surface area contributed by atoms with Gasteiger partial charge >= 0.3 is 0 Å². The molecule has 4 rings (SSSR count). The number of nitrogens with one attached hydrogen (secondary N) is 1. The zero-order chi connectivity index (χ0) is 19.3. The molecule has 8 nitrogen and oxygen atoms in total. The molecule has 2 aromatic heterocycles. The van der Waals surface area contributed by atoms with Crippen LogP contribution in [0.5, 0.6) is 0 Å². The quantitative estimate of drug-likeness (QED) is 0.826. The van der Waals surface area contributed by atoms with Gasteiger partial charge in [-0.25, -0.2) is 4.68 Å². The summed E-state index contributed by atoms with van der Waals surface area (Å²) in [5, 5.41) is 11.3. The average molecular weight is 382 g/mol. The number of carbonyl (C=O) groups excluding carboxylic acids is 2. The van der Waals surface area contributed by atoms with Gasteiger partial charge in [-0.05, 0) is 31.4 Å². The van der Waals surface area contributed by atoms with Crippen LogP contribution in [0, 0.1) is 0 Å². The van der Waals surface area contributed by atoms with E-state index in [1.54, 1.807) is 17.3 Å². The predicted molar refractivity (Wildman–Crippen MR) is 102 cm³/mol. The maximum atomic E-state index is 13.2. The van der Waals surface area contributed by atoms with Crippen molar-refractivity contribution in [2.24, 2.45) is 0 Å². The van der Waals surface area contributed by atoms with Crippen LogP contribution in [0.25, 0.3) is 0 Å². The van der Waals surface area contributed by atoms with Crippen molar-refractivity contribution in [3.63, 3.8) is 0 Å². The Bertz CT molecular complexity index is 815. The minimum Gasteiger partial charge on any atom is -0.352 e. The van der Waals surface area contributed by atoms with Crippen molar-refractivity contribution in [2.75, 3.05) is 6.54 Å². The SMILES string of the molecule is O=C1CC[C@@H](CN(Cc2ccccn2)C(=O)c2cn(C3CCCCC3)nn2)N1. The van der Waals surface area contributed by atoms with Crippen LogP contribution >= 0.6 is 0 Å². The monoisotopic (exact) mass is 382 g/mol. The highest BCUT2D eigenvalue weighted by Crippen LogP contribution is 2.27. The second-order valence-corrected chi connectivity index (χ2v) is 7.69. The number of carbonyl (C=O) groups is 2. The first-order chi connectivity index (χ1) is 13.7. The third-order valence-corrected chi connectivity index (χ3v) is 5.57. The van der Waals surface area contributed by atoms with E-state index >= 15 is 0 Å². The Hall–Kier alpha value is -2.77. The van der Waals surface area contributed by atoms with Gasteiger partial charge in [-0.2, -0.15) is 0 Å². The second kappa shape index (κ2) is 8.50. The van der Waals surface area contributed by atoms with Crippen molar-refractivity contribution in [2.45, 2.75) is 63.6 Å². The Morgan fingerprint density at radius 2 is 2.07 bits per heavy atom. The van der Waals surface area contributed by atoms with Gasteiger partial charge in [0.2, 0.25) is 5.91 Å². The highest BCUT2D eigenvalue weighted by Gasteiger charge is 2.28. The van der Waals surface area contributed by atoms with Gasteiger partial charge in [0, 0.05) is 25.2 Å². The Balaban J connectivity index is 1.50. The molecule has 1 aliphatic heterocycles. The first kappa shape index (κ1) is 18.6.